The summed E-state index contributed by atoms with van der Waals surface area (Å²) in [5, 5.41) is 0. The zero-order valence-electron chi connectivity index (χ0n) is 34.8. The van der Waals surface area contributed by atoms with Gasteiger partial charge in [0.25, 0.3) is 0 Å². The van der Waals surface area contributed by atoms with E-state index in [0.717, 1.165) is 103 Å². The zero-order valence-corrected chi connectivity index (χ0v) is 35.7. The molecule has 0 aliphatic heterocycles. The van der Waals surface area contributed by atoms with Crippen molar-refractivity contribution in [3.05, 3.63) is 122 Å². The molecule has 0 aromatic heterocycles. The number of carbonyl (C=O) groups is 1. The van der Waals surface area contributed by atoms with Crippen LogP contribution in [0.15, 0.2) is 122 Å². The van der Waals surface area contributed by atoms with Crippen molar-refractivity contribution in [2.24, 2.45) is 5.73 Å². The smallest absolute Gasteiger partial charge is 0.457 e. The first-order valence-corrected chi connectivity index (χ1v) is 22.5. The third-order valence-corrected chi connectivity index (χ3v) is 8.86. The third kappa shape index (κ3) is 42.1. The maximum absolute atomic E-state index is 12.6. The molecule has 9 heteroatoms. The lowest BCUT2D eigenvalue weighted by Crippen LogP contribution is -2.28. The number of phosphoric acid groups is 1. The zero-order chi connectivity index (χ0) is 40.9. The van der Waals surface area contributed by atoms with Crippen molar-refractivity contribution in [2.75, 3.05) is 33.0 Å². The molecule has 56 heavy (non-hydrogen) atoms. The van der Waals surface area contributed by atoms with Crippen LogP contribution in [-0.2, 0) is 27.9 Å². The molecule has 0 amide bonds. The van der Waals surface area contributed by atoms with E-state index in [-0.39, 0.29) is 38.8 Å². The topological polar surface area (TPSA) is 117 Å². The van der Waals surface area contributed by atoms with E-state index in [1.165, 1.54) is 0 Å². The van der Waals surface area contributed by atoms with Crippen LogP contribution in [0.25, 0.3) is 0 Å². The van der Waals surface area contributed by atoms with Gasteiger partial charge in [0.05, 0.1) is 19.8 Å². The van der Waals surface area contributed by atoms with Crippen LogP contribution in [0, 0.1) is 0 Å². The van der Waals surface area contributed by atoms with E-state index in [0.29, 0.717) is 13.0 Å². The van der Waals surface area contributed by atoms with Gasteiger partial charge in [0.2, 0.25) is 0 Å². The molecule has 2 atom stereocenters. The molecule has 0 rings (SSSR count). The Bertz CT molecular complexity index is 1260. The predicted octanol–water partition coefficient (Wildman–Crippen LogP) is 12.6. The van der Waals surface area contributed by atoms with Crippen LogP contribution in [0.3, 0.4) is 0 Å². The Labute approximate surface area is 341 Å². The second kappa shape index (κ2) is 43.0. The molecule has 0 fully saturated rings. The van der Waals surface area contributed by atoms with Gasteiger partial charge in [-0.05, 0) is 103 Å². The minimum atomic E-state index is -4.31. The molecule has 0 aromatic rings. The molecular weight excluding hydrogens is 721 g/mol. The average Bonchev–Trinajstić information content (AvgIpc) is 3.19. The van der Waals surface area contributed by atoms with Gasteiger partial charge in [0.1, 0.15) is 6.10 Å². The Morgan fingerprint density at radius 3 is 1.38 bits per heavy atom. The van der Waals surface area contributed by atoms with Gasteiger partial charge in [-0.1, -0.05) is 142 Å². The second-order valence-electron chi connectivity index (χ2n) is 13.1. The summed E-state index contributed by atoms with van der Waals surface area (Å²) in [5.74, 6) is -0.389. The normalized spacial score (nSPS) is 14.7. The number of hydrogen-bond acceptors (Lipinski definition) is 7. The number of hydrogen-bond donors (Lipinski definition) is 2. The van der Waals surface area contributed by atoms with Gasteiger partial charge in [-0.2, -0.15) is 0 Å². The van der Waals surface area contributed by atoms with Crippen LogP contribution in [0.4, 0.5) is 0 Å². The van der Waals surface area contributed by atoms with Crippen molar-refractivity contribution in [3.8, 4) is 0 Å². The number of ether oxygens (including phenoxy) is 2. The van der Waals surface area contributed by atoms with Gasteiger partial charge in [-0.25, -0.2) is 4.57 Å². The van der Waals surface area contributed by atoms with Crippen molar-refractivity contribution in [3.63, 3.8) is 0 Å². The van der Waals surface area contributed by atoms with Gasteiger partial charge in [-0.3, -0.25) is 13.8 Å². The van der Waals surface area contributed by atoms with E-state index in [2.05, 4.69) is 135 Å². The maximum atomic E-state index is 12.6. The van der Waals surface area contributed by atoms with Crippen LogP contribution in [0.5, 0.6) is 0 Å². The quantitative estimate of drug-likeness (QED) is 0.0274. The number of unbranched alkanes of at least 4 members (excludes halogenated alkanes) is 5. The standard InChI is InChI=1S/C47H76NO7P/c1-3-5-7-9-11-13-15-17-19-20-21-22-23-24-25-27-29-31-33-35-37-39-42-52-44-46(45-54-56(50,51)53-43-41-48)55-47(49)40-38-36-34-32-30-28-26-18-16-14-12-10-8-6-4-2/h5-8,11-14,17-19,21-22,24-26,29-32,46H,3-4,9-10,15-16,20,23,27-28,33-45,48H2,1-2H3,(H,50,51)/b7-5-,8-6-,13-11-,14-12-,19-17-,22-21-,25-24-,26-18-,31-29-,32-30-. The highest BCUT2D eigenvalue weighted by atomic mass is 31.2. The third-order valence-electron chi connectivity index (χ3n) is 7.87. The summed E-state index contributed by atoms with van der Waals surface area (Å²) in [6, 6.07) is 0. The van der Waals surface area contributed by atoms with Gasteiger partial charge in [-0.15, -0.1) is 0 Å². The molecule has 2 unspecified atom stereocenters. The molecule has 0 aromatic carbocycles. The molecule has 0 radical (unpaired) electrons. The van der Waals surface area contributed by atoms with E-state index in [4.69, 9.17) is 24.3 Å². The molecule has 0 spiro atoms. The first kappa shape index (κ1) is 52.9. The minimum Gasteiger partial charge on any atom is -0.457 e. The minimum absolute atomic E-state index is 0.0672. The lowest BCUT2D eigenvalue weighted by Gasteiger charge is -2.20. The summed E-state index contributed by atoms with van der Waals surface area (Å²) in [6.07, 6.45) is 59.4. The SMILES string of the molecule is CC/C=C\C/C=C\C/C=C\C/C=C\C/C=C\C/C=C\CCCCCOCC(COP(=O)(O)OCCN)OC(=O)CCCC/C=C\C/C=C\C/C=C\C/C=C\CC. The fraction of sp³-hybridized carbons (Fsp3) is 0.553. The highest BCUT2D eigenvalue weighted by Gasteiger charge is 2.25. The lowest BCUT2D eigenvalue weighted by molar-refractivity contribution is -0.154. The molecule has 0 heterocycles. The van der Waals surface area contributed by atoms with Gasteiger partial charge < -0.3 is 20.1 Å². The summed E-state index contributed by atoms with van der Waals surface area (Å²) in [4.78, 5) is 22.4. The number of carbonyl (C=O) groups excluding carboxylic acids is 1. The fourth-order valence-electron chi connectivity index (χ4n) is 4.87. The molecule has 3 N–H and O–H groups in total. The number of rotatable bonds is 38. The first-order chi connectivity index (χ1) is 27.4. The molecule has 0 aliphatic rings. The van der Waals surface area contributed by atoms with Crippen molar-refractivity contribution < 1.29 is 32.8 Å². The average molecular weight is 798 g/mol. The number of esters is 1. The van der Waals surface area contributed by atoms with E-state index < -0.39 is 13.9 Å². The Morgan fingerprint density at radius 2 is 0.946 bits per heavy atom. The van der Waals surface area contributed by atoms with Crippen molar-refractivity contribution in [2.45, 2.75) is 136 Å². The molecule has 8 nitrogen and oxygen atoms in total. The van der Waals surface area contributed by atoms with E-state index in [1.54, 1.807) is 0 Å². The van der Waals surface area contributed by atoms with Crippen LogP contribution in [0.2, 0.25) is 0 Å². The van der Waals surface area contributed by atoms with Crippen molar-refractivity contribution in [1.82, 2.24) is 0 Å². The Balaban J connectivity index is 4.22. The Morgan fingerprint density at radius 1 is 0.536 bits per heavy atom. The largest absolute Gasteiger partial charge is 0.472 e. The summed E-state index contributed by atoms with van der Waals surface area (Å²) >= 11 is 0. The predicted molar refractivity (Wildman–Crippen MR) is 237 cm³/mol. The van der Waals surface area contributed by atoms with E-state index >= 15 is 0 Å². The molecule has 316 valence electrons. The second-order valence-corrected chi connectivity index (χ2v) is 14.5. The first-order valence-electron chi connectivity index (χ1n) is 21.0. The summed E-state index contributed by atoms with van der Waals surface area (Å²) in [6.45, 7) is 4.50. The van der Waals surface area contributed by atoms with Crippen molar-refractivity contribution in [1.29, 1.82) is 0 Å². The molecule has 0 aliphatic carbocycles. The number of allylic oxidation sites excluding steroid dienone is 20. The Kier molecular flexibility index (Phi) is 40.6. The highest BCUT2D eigenvalue weighted by Crippen LogP contribution is 2.43. The summed E-state index contributed by atoms with van der Waals surface area (Å²) < 4.78 is 33.3. The van der Waals surface area contributed by atoms with Gasteiger partial charge >= 0.3 is 13.8 Å². The summed E-state index contributed by atoms with van der Waals surface area (Å²) in [7, 11) is -4.31. The van der Waals surface area contributed by atoms with E-state index in [1.807, 2.05) is 0 Å². The molecular formula is C47H76NO7P. The maximum Gasteiger partial charge on any atom is 0.472 e. The van der Waals surface area contributed by atoms with Crippen LogP contribution in [0.1, 0.15) is 129 Å². The lowest BCUT2D eigenvalue weighted by atomic mass is 10.2. The highest BCUT2D eigenvalue weighted by molar-refractivity contribution is 7.47. The molecule has 0 saturated carbocycles. The summed E-state index contributed by atoms with van der Waals surface area (Å²) in [5.41, 5.74) is 5.36. The number of phosphoric ester groups is 1. The van der Waals surface area contributed by atoms with Crippen molar-refractivity contribution >= 4 is 13.8 Å². The van der Waals surface area contributed by atoms with Crippen LogP contribution in [-0.4, -0.2) is 49.9 Å². The van der Waals surface area contributed by atoms with Gasteiger partial charge in [0, 0.05) is 19.6 Å². The van der Waals surface area contributed by atoms with E-state index in [9.17, 15) is 14.3 Å². The van der Waals surface area contributed by atoms with Gasteiger partial charge in [0.15, 0.2) is 0 Å². The Hall–Kier alpha value is -3.10. The monoisotopic (exact) mass is 798 g/mol. The number of nitrogens with two attached hydrogens (primary N) is 1. The van der Waals surface area contributed by atoms with Crippen LogP contribution >= 0.6 is 7.82 Å². The molecule has 0 saturated heterocycles. The molecule has 0 bridgehead atoms. The fourth-order valence-corrected chi connectivity index (χ4v) is 5.64. The van der Waals surface area contributed by atoms with Crippen LogP contribution < -0.4 is 5.73 Å².